The van der Waals surface area contributed by atoms with E-state index < -0.39 is 0 Å². The topological polar surface area (TPSA) is 58.6 Å². The van der Waals surface area contributed by atoms with Crippen LogP contribution in [0.5, 0.6) is 5.75 Å². The number of carbonyl (C=O) groups excluding carboxylic acids is 2. The van der Waals surface area contributed by atoms with Crippen LogP contribution in [0.25, 0.3) is 0 Å². The average Bonchev–Trinajstić information content (AvgIpc) is 2.64. The molecule has 2 saturated carbocycles. The van der Waals surface area contributed by atoms with Gasteiger partial charge in [-0.3, -0.25) is 9.59 Å². The van der Waals surface area contributed by atoms with Crippen LogP contribution >= 0.6 is 0 Å². The van der Waals surface area contributed by atoms with Crippen LogP contribution in [0.2, 0.25) is 0 Å². The van der Waals surface area contributed by atoms with Crippen molar-refractivity contribution >= 4 is 11.8 Å². The van der Waals surface area contributed by atoms with Crippen LogP contribution in [0.4, 0.5) is 0 Å². The van der Waals surface area contributed by atoms with E-state index in [4.69, 9.17) is 4.74 Å². The number of hydrogen-bond donors (Lipinski definition) is 1. The quantitative estimate of drug-likeness (QED) is 0.787. The van der Waals surface area contributed by atoms with Crippen molar-refractivity contribution in [3.63, 3.8) is 0 Å². The Hall–Kier alpha value is -2.04. The van der Waals surface area contributed by atoms with Gasteiger partial charge in [-0.05, 0) is 74.1 Å². The largest absolute Gasteiger partial charge is 0.493 e. The summed E-state index contributed by atoms with van der Waals surface area (Å²) in [6.07, 6.45) is 7.84. The third-order valence-corrected chi connectivity index (χ3v) is 6.96. The van der Waals surface area contributed by atoms with Gasteiger partial charge in [-0.1, -0.05) is 20.3 Å². The predicted octanol–water partition coefficient (Wildman–Crippen LogP) is 4.02. The zero-order valence-electron chi connectivity index (χ0n) is 17.8. The fourth-order valence-corrected chi connectivity index (χ4v) is 4.94. The summed E-state index contributed by atoms with van der Waals surface area (Å²) < 4.78 is 5.69. The molecule has 5 heteroatoms. The average molecular weight is 399 g/mol. The molecule has 0 bridgehead atoms. The number of ether oxygens (including phenoxy) is 1. The molecule has 1 N–H and O–H groups in total. The second kappa shape index (κ2) is 8.37. The molecule has 1 heterocycles. The predicted molar refractivity (Wildman–Crippen MR) is 113 cm³/mol. The molecule has 158 valence electrons. The molecule has 3 aliphatic rings. The van der Waals surface area contributed by atoms with Gasteiger partial charge in [0.05, 0.1) is 6.61 Å². The van der Waals surface area contributed by atoms with Crippen LogP contribution in [-0.4, -0.2) is 42.5 Å². The van der Waals surface area contributed by atoms with Gasteiger partial charge in [-0.25, -0.2) is 0 Å². The van der Waals surface area contributed by atoms with Crippen molar-refractivity contribution in [3.8, 4) is 5.75 Å². The number of piperidine rings is 1. The van der Waals surface area contributed by atoms with Gasteiger partial charge in [0.2, 0.25) is 5.91 Å². The number of carbonyl (C=O) groups is 2. The third kappa shape index (κ3) is 4.59. The lowest BCUT2D eigenvalue weighted by Crippen LogP contribution is -2.52. The number of amides is 2. The van der Waals surface area contributed by atoms with E-state index in [0.29, 0.717) is 36.6 Å². The summed E-state index contributed by atoms with van der Waals surface area (Å²) in [5, 5.41) is 3.24. The molecule has 0 radical (unpaired) electrons. The number of likely N-dealkylation sites (tertiary alicyclic amines) is 1. The van der Waals surface area contributed by atoms with Gasteiger partial charge in [0.15, 0.2) is 0 Å². The molecule has 3 fully saturated rings. The number of rotatable bonds is 6. The summed E-state index contributed by atoms with van der Waals surface area (Å²) in [5.74, 6) is 1.81. The lowest BCUT2D eigenvalue weighted by molar-refractivity contribution is -0.137. The first-order valence-electron chi connectivity index (χ1n) is 11.3. The summed E-state index contributed by atoms with van der Waals surface area (Å²) in [4.78, 5) is 27.2. The molecule has 0 unspecified atom stereocenters. The number of hydrogen-bond acceptors (Lipinski definition) is 3. The van der Waals surface area contributed by atoms with Crippen molar-refractivity contribution in [2.45, 2.75) is 64.8 Å². The van der Waals surface area contributed by atoms with Crippen LogP contribution < -0.4 is 10.1 Å². The fraction of sp³-hybridized carbons (Fsp3) is 0.667. The van der Waals surface area contributed by atoms with Crippen LogP contribution in [0, 0.1) is 17.3 Å². The molecule has 1 aliphatic heterocycles. The minimum atomic E-state index is 0.0658. The van der Waals surface area contributed by atoms with E-state index in [1.54, 1.807) is 0 Å². The monoisotopic (exact) mass is 398 g/mol. The highest BCUT2D eigenvalue weighted by atomic mass is 16.5. The van der Waals surface area contributed by atoms with Crippen molar-refractivity contribution in [1.82, 2.24) is 10.2 Å². The van der Waals surface area contributed by atoms with Crippen molar-refractivity contribution in [2.75, 3.05) is 19.7 Å². The Balaban J connectivity index is 1.21. The Bertz CT molecular complexity index is 723. The van der Waals surface area contributed by atoms with Gasteiger partial charge in [0, 0.05) is 30.6 Å². The zero-order valence-corrected chi connectivity index (χ0v) is 17.8. The van der Waals surface area contributed by atoms with Gasteiger partial charge in [-0.2, -0.15) is 0 Å². The second-order valence-corrected chi connectivity index (χ2v) is 9.76. The molecule has 2 aliphatic carbocycles. The zero-order chi connectivity index (χ0) is 20.4. The van der Waals surface area contributed by atoms with Crippen LogP contribution in [-0.2, 0) is 4.79 Å². The lowest BCUT2D eigenvalue weighted by Gasteiger charge is -2.53. The Kier molecular flexibility index (Phi) is 5.84. The van der Waals surface area contributed by atoms with Crippen molar-refractivity contribution in [3.05, 3.63) is 29.8 Å². The SMILES string of the molecule is CC(C)COc1ccc(C(=O)N2CCC(NC(=O)C3CC4(CCC4)C3)CC2)cc1. The summed E-state index contributed by atoms with van der Waals surface area (Å²) in [5.41, 5.74) is 1.23. The summed E-state index contributed by atoms with van der Waals surface area (Å²) in [6, 6.07) is 7.64. The first-order valence-corrected chi connectivity index (χ1v) is 11.3. The molecular formula is C24H34N2O3. The highest BCUT2D eigenvalue weighted by Crippen LogP contribution is 2.58. The molecule has 1 spiro atoms. The Labute approximate surface area is 174 Å². The van der Waals surface area contributed by atoms with E-state index in [9.17, 15) is 9.59 Å². The first-order chi connectivity index (χ1) is 13.9. The number of nitrogens with one attached hydrogen (secondary N) is 1. The van der Waals surface area contributed by atoms with Gasteiger partial charge < -0.3 is 15.0 Å². The maximum atomic E-state index is 12.8. The van der Waals surface area contributed by atoms with Crippen molar-refractivity contribution < 1.29 is 14.3 Å². The molecule has 1 aromatic carbocycles. The van der Waals surface area contributed by atoms with Crippen molar-refractivity contribution in [1.29, 1.82) is 0 Å². The van der Waals surface area contributed by atoms with E-state index in [2.05, 4.69) is 19.2 Å². The highest BCUT2D eigenvalue weighted by molar-refractivity contribution is 5.94. The summed E-state index contributed by atoms with van der Waals surface area (Å²) >= 11 is 0. The maximum Gasteiger partial charge on any atom is 0.253 e. The van der Waals surface area contributed by atoms with Gasteiger partial charge in [-0.15, -0.1) is 0 Å². The van der Waals surface area contributed by atoms with E-state index in [1.807, 2.05) is 29.2 Å². The Morgan fingerprint density at radius 1 is 1.14 bits per heavy atom. The van der Waals surface area contributed by atoms with Gasteiger partial charge in [0.25, 0.3) is 5.91 Å². The Morgan fingerprint density at radius 3 is 2.34 bits per heavy atom. The minimum Gasteiger partial charge on any atom is -0.493 e. The van der Waals surface area contributed by atoms with Crippen LogP contribution in [0.15, 0.2) is 24.3 Å². The smallest absolute Gasteiger partial charge is 0.253 e. The highest BCUT2D eigenvalue weighted by Gasteiger charge is 2.50. The molecule has 0 aromatic heterocycles. The molecule has 2 amide bonds. The summed E-state index contributed by atoms with van der Waals surface area (Å²) in [7, 11) is 0. The lowest BCUT2D eigenvalue weighted by atomic mass is 9.51. The van der Waals surface area contributed by atoms with Crippen LogP contribution in [0.3, 0.4) is 0 Å². The normalized spacial score (nSPS) is 21.6. The molecule has 0 atom stereocenters. The minimum absolute atomic E-state index is 0.0658. The van der Waals surface area contributed by atoms with E-state index in [-0.39, 0.29) is 23.8 Å². The molecular weight excluding hydrogens is 364 g/mol. The molecule has 5 nitrogen and oxygen atoms in total. The molecule has 4 rings (SSSR count). The Morgan fingerprint density at radius 2 is 1.79 bits per heavy atom. The van der Waals surface area contributed by atoms with Gasteiger partial charge in [0.1, 0.15) is 5.75 Å². The standard InChI is InChI=1S/C24H34N2O3/c1-17(2)16-29-21-6-4-18(5-7-21)23(28)26-12-8-20(9-13-26)25-22(27)19-14-24(15-19)10-3-11-24/h4-7,17,19-20H,3,8-16H2,1-2H3,(H,25,27). The van der Waals surface area contributed by atoms with Crippen molar-refractivity contribution in [2.24, 2.45) is 17.3 Å². The van der Waals surface area contributed by atoms with Crippen LogP contribution in [0.1, 0.15) is 69.2 Å². The number of nitrogens with zero attached hydrogens (tertiary/aromatic N) is 1. The van der Waals surface area contributed by atoms with E-state index >= 15 is 0 Å². The maximum absolute atomic E-state index is 12.8. The third-order valence-electron chi connectivity index (χ3n) is 6.96. The van der Waals surface area contributed by atoms with E-state index in [1.165, 1.54) is 19.3 Å². The fourth-order valence-electron chi connectivity index (χ4n) is 4.94. The molecule has 1 aromatic rings. The van der Waals surface area contributed by atoms with Gasteiger partial charge >= 0.3 is 0 Å². The second-order valence-electron chi connectivity index (χ2n) is 9.76. The summed E-state index contributed by atoms with van der Waals surface area (Å²) in [6.45, 7) is 6.30. The first kappa shape index (κ1) is 20.2. The van der Waals surface area contributed by atoms with E-state index in [0.717, 1.165) is 31.4 Å². The molecule has 29 heavy (non-hydrogen) atoms. The number of benzene rings is 1. The molecule has 1 saturated heterocycles.